The molecule has 0 fully saturated rings. The monoisotopic (exact) mass is 526 g/mol. The molecular weight excluding hydrogens is 496 g/mol. The number of carbonyl (C=O) groups excluding carboxylic acids is 2. The van der Waals surface area contributed by atoms with E-state index in [9.17, 15) is 9.59 Å². The fourth-order valence-corrected chi connectivity index (χ4v) is 4.70. The third-order valence-corrected chi connectivity index (χ3v) is 6.81. The molecule has 4 aromatic carbocycles. The molecule has 198 valence electrons. The van der Waals surface area contributed by atoms with Crippen LogP contribution in [-0.2, 0) is 16.0 Å². The molecular formula is C34H30N4O2. The molecule has 6 rings (SSSR count). The third kappa shape index (κ3) is 5.66. The molecule has 6 nitrogen and oxygen atoms in total. The van der Waals surface area contributed by atoms with Crippen LogP contribution in [0.25, 0.3) is 49.7 Å². The van der Waals surface area contributed by atoms with Crippen LogP contribution in [0.4, 0.5) is 11.4 Å². The van der Waals surface area contributed by atoms with Gasteiger partial charge < -0.3 is 16.3 Å². The minimum Gasteiger partial charge on any atom is -0.398 e. The average Bonchev–Trinajstić information content (AvgIpc) is 2.96. The van der Waals surface area contributed by atoms with Gasteiger partial charge in [0.2, 0.25) is 0 Å². The fourth-order valence-electron chi connectivity index (χ4n) is 4.70. The van der Waals surface area contributed by atoms with E-state index in [0.717, 1.165) is 72.5 Å². The molecule has 0 saturated carbocycles. The summed E-state index contributed by atoms with van der Waals surface area (Å²) in [7, 11) is 0. The van der Waals surface area contributed by atoms with Gasteiger partial charge in [-0.2, -0.15) is 0 Å². The Morgan fingerprint density at radius 3 is 1.77 bits per heavy atom. The number of nitrogen functional groups attached to an aromatic ring is 2. The number of para-hydroxylation sites is 2. The lowest BCUT2D eigenvalue weighted by Crippen LogP contribution is -1.96. The molecule has 0 unspecified atom stereocenters. The topological polar surface area (TPSA) is 112 Å². The van der Waals surface area contributed by atoms with Crippen molar-refractivity contribution in [2.75, 3.05) is 11.5 Å². The number of pyridine rings is 2. The second-order valence-electron chi connectivity index (χ2n) is 9.86. The number of hydrogen-bond donors (Lipinski definition) is 2. The van der Waals surface area contributed by atoms with Gasteiger partial charge in [0.05, 0.1) is 33.4 Å². The fraction of sp³-hybridized carbons (Fsp3) is 0.118. The first-order valence-corrected chi connectivity index (χ1v) is 13.1. The molecule has 6 aromatic rings. The number of anilines is 2. The van der Waals surface area contributed by atoms with Crippen molar-refractivity contribution in [3.05, 3.63) is 102 Å². The maximum Gasteiger partial charge on any atom is 0.152 e. The standard InChI is InChI=1S/C17H16N2O.C17H14N2O/c2*1-11(20)6-7-12-8-9-16-14(10-12)17(18)13-4-2-3-5-15(13)19-16/h2-5,8-10H,6-7H2,1H3,(H2,18,19);2-10H,1H3,(H2,18,19)/b;7-6+. The Bertz CT molecular complexity index is 1940. The first kappa shape index (κ1) is 26.5. The van der Waals surface area contributed by atoms with Gasteiger partial charge in [-0.25, -0.2) is 9.97 Å². The number of fused-ring (bicyclic) bond motifs is 4. The first-order chi connectivity index (χ1) is 19.3. The Balaban J connectivity index is 0.000000161. The minimum atomic E-state index is 0.0229. The third-order valence-electron chi connectivity index (χ3n) is 6.81. The summed E-state index contributed by atoms with van der Waals surface area (Å²) >= 11 is 0. The van der Waals surface area contributed by atoms with Gasteiger partial charge in [-0.15, -0.1) is 0 Å². The van der Waals surface area contributed by atoms with Crippen molar-refractivity contribution in [1.82, 2.24) is 9.97 Å². The minimum absolute atomic E-state index is 0.0229. The highest BCUT2D eigenvalue weighted by molar-refractivity contribution is 6.07. The van der Waals surface area contributed by atoms with E-state index in [1.54, 1.807) is 19.1 Å². The van der Waals surface area contributed by atoms with Gasteiger partial charge in [-0.05, 0) is 73.9 Å². The zero-order valence-corrected chi connectivity index (χ0v) is 22.5. The van der Waals surface area contributed by atoms with Crippen LogP contribution in [0.5, 0.6) is 0 Å². The summed E-state index contributed by atoms with van der Waals surface area (Å²) in [6, 6.07) is 27.6. The van der Waals surface area contributed by atoms with Crippen molar-refractivity contribution in [3.63, 3.8) is 0 Å². The lowest BCUT2D eigenvalue weighted by atomic mass is 10.0. The molecule has 0 radical (unpaired) electrons. The smallest absolute Gasteiger partial charge is 0.152 e. The highest BCUT2D eigenvalue weighted by Gasteiger charge is 2.08. The summed E-state index contributed by atoms with van der Waals surface area (Å²) in [5.74, 6) is 0.226. The zero-order valence-electron chi connectivity index (χ0n) is 22.5. The van der Waals surface area contributed by atoms with E-state index in [0.29, 0.717) is 6.42 Å². The van der Waals surface area contributed by atoms with Gasteiger partial charge in [-0.1, -0.05) is 54.6 Å². The number of nitrogens with zero attached hydrogens (tertiary/aromatic N) is 2. The summed E-state index contributed by atoms with van der Waals surface area (Å²) in [5, 5.41) is 3.80. The molecule has 0 aliphatic rings. The van der Waals surface area contributed by atoms with E-state index < -0.39 is 0 Å². The molecule has 6 heteroatoms. The molecule has 0 amide bonds. The summed E-state index contributed by atoms with van der Waals surface area (Å²) in [5.41, 5.74) is 19.6. The van der Waals surface area contributed by atoms with Gasteiger partial charge in [-0.3, -0.25) is 4.79 Å². The Labute approximate surface area is 232 Å². The molecule has 40 heavy (non-hydrogen) atoms. The largest absolute Gasteiger partial charge is 0.398 e. The average molecular weight is 527 g/mol. The Hall–Kier alpha value is -5.10. The molecule has 0 atom stereocenters. The summed E-state index contributed by atoms with van der Waals surface area (Å²) in [4.78, 5) is 31.3. The predicted octanol–water partition coefficient (Wildman–Crippen LogP) is 7.06. The number of hydrogen-bond acceptors (Lipinski definition) is 6. The van der Waals surface area contributed by atoms with Gasteiger partial charge in [0, 0.05) is 28.0 Å². The predicted molar refractivity (Wildman–Crippen MR) is 166 cm³/mol. The number of aromatic nitrogens is 2. The van der Waals surface area contributed by atoms with Crippen molar-refractivity contribution in [3.8, 4) is 0 Å². The highest BCUT2D eigenvalue weighted by atomic mass is 16.1. The molecule has 0 aliphatic heterocycles. The van der Waals surface area contributed by atoms with Gasteiger partial charge in [0.25, 0.3) is 0 Å². The van der Waals surface area contributed by atoms with Crippen molar-refractivity contribution in [2.45, 2.75) is 26.7 Å². The van der Waals surface area contributed by atoms with Gasteiger partial charge >= 0.3 is 0 Å². The number of nitrogens with two attached hydrogens (primary N) is 2. The number of aryl methyl sites for hydroxylation is 1. The summed E-state index contributed by atoms with van der Waals surface area (Å²) < 4.78 is 0. The Morgan fingerprint density at radius 2 is 1.20 bits per heavy atom. The molecule has 2 heterocycles. The van der Waals surface area contributed by atoms with E-state index in [4.69, 9.17) is 11.5 Å². The van der Waals surface area contributed by atoms with Crippen LogP contribution in [0, 0.1) is 0 Å². The quantitative estimate of drug-likeness (QED) is 0.184. The summed E-state index contributed by atoms with van der Waals surface area (Å²) in [6.07, 6.45) is 4.65. The molecule has 4 N–H and O–H groups in total. The van der Waals surface area contributed by atoms with E-state index in [-0.39, 0.29) is 11.6 Å². The number of ketones is 2. The SMILES string of the molecule is CC(=O)/C=C/c1ccc2nc3ccccc3c(N)c2c1.CC(=O)CCc1ccc2nc3ccccc3c(N)c2c1. The van der Waals surface area contributed by atoms with E-state index in [2.05, 4.69) is 9.97 Å². The number of allylic oxidation sites excluding steroid dienone is 1. The van der Waals surface area contributed by atoms with Gasteiger partial charge in [0.15, 0.2) is 5.78 Å². The number of carbonyl (C=O) groups is 2. The van der Waals surface area contributed by atoms with Crippen LogP contribution < -0.4 is 11.5 Å². The van der Waals surface area contributed by atoms with Crippen molar-refractivity contribution in [1.29, 1.82) is 0 Å². The van der Waals surface area contributed by atoms with Crippen molar-refractivity contribution in [2.24, 2.45) is 0 Å². The normalized spacial score (nSPS) is 11.2. The second-order valence-corrected chi connectivity index (χ2v) is 9.86. The van der Waals surface area contributed by atoms with Crippen LogP contribution in [0.1, 0.15) is 31.4 Å². The molecule has 0 aliphatic carbocycles. The lowest BCUT2D eigenvalue weighted by Gasteiger charge is -2.08. The molecule has 0 saturated heterocycles. The highest BCUT2D eigenvalue weighted by Crippen LogP contribution is 2.30. The van der Waals surface area contributed by atoms with Crippen molar-refractivity contribution >= 4 is 72.6 Å². The maximum atomic E-state index is 11.1. The number of benzene rings is 4. The molecule has 2 aromatic heterocycles. The molecule has 0 spiro atoms. The van der Waals surface area contributed by atoms with Gasteiger partial charge in [0.1, 0.15) is 5.78 Å². The van der Waals surface area contributed by atoms with Crippen LogP contribution in [0.2, 0.25) is 0 Å². The Morgan fingerprint density at radius 1 is 0.675 bits per heavy atom. The van der Waals surface area contributed by atoms with Crippen LogP contribution in [0.3, 0.4) is 0 Å². The molecule has 0 bridgehead atoms. The Kier molecular flexibility index (Phi) is 7.51. The van der Waals surface area contributed by atoms with E-state index >= 15 is 0 Å². The maximum absolute atomic E-state index is 11.1. The van der Waals surface area contributed by atoms with Crippen LogP contribution in [-0.4, -0.2) is 21.5 Å². The second kappa shape index (κ2) is 11.3. The van der Waals surface area contributed by atoms with Crippen molar-refractivity contribution < 1.29 is 9.59 Å². The van der Waals surface area contributed by atoms with Crippen LogP contribution in [0.15, 0.2) is 91.0 Å². The lowest BCUT2D eigenvalue weighted by molar-refractivity contribution is -0.117. The first-order valence-electron chi connectivity index (χ1n) is 13.1. The zero-order chi connectivity index (χ0) is 28.2. The van der Waals surface area contributed by atoms with E-state index in [1.807, 2.05) is 84.9 Å². The van der Waals surface area contributed by atoms with E-state index in [1.165, 1.54) is 6.92 Å². The summed E-state index contributed by atoms with van der Waals surface area (Å²) in [6.45, 7) is 3.14. The number of rotatable bonds is 5. The van der Waals surface area contributed by atoms with Crippen LogP contribution >= 0.6 is 0 Å². The number of Topliss-reactive ketones (excluding diaryl/α,β-unsaturated/α-hetero) is 1.